The molecule has 1 N–H and O–H groups in total. The number of nitrogens with one attached hydrogen (secondary N) is 1. The highest BCUT2D eigenvalue weighted by atomic mass is 19.2. The lowest BCUT2D eigenvalue weighted by Crippen LogP contribution is -2.61. The van der Waals surface area contributed by atoms with Crippen molar-refractivity contribution in [3.63, 3.8) is 0 Å². The van der Waals surface area contributed by atoms with Crippen LogP contribution in [0.25, 0.3) is 5.69 Å². The minimum atomic E-state index is -0.920. The fourth-order valence-electron chi connectivity index (χ4n) is 4.27. The summed E-state index contributed by atoms with van der Waals surface area (Å²) in [6, 6.07) is 8.39. The molecule has 5 rings (SSSR count). The Bertz CT molecular complexity index is 1120. The van der Waals surface area contributed by atoms with Gasteiger partial charge >= 0.3 is 0 Å². The van der Waals surface area contributed by atoms with Gasteiger partial charge in [-0.25, -0.2) is 13.5 Å². The third kappa shape index (κ3) is 4.05. The quantitative estimate of drug-likeness (QED) is 0.656. The van der Waals surface area contributed by atoms with Crippen molar-refractivity contribution < 1.29 is 13.5 Å². The number of nitrogens with zero attached hydrogens (tertiary/aromatic N) is 5. The van der Waals surface area contributed by atoms with Crippen LogP contribution < -0.4 is 10.2 Å². The van der Waals surface area contributed by atoms with E-state index < -0.39 is 11.6 Å². The van der Waals surface area contributed by atoms with Gasteiger partial charge in [0.25, 0.3) is 0 Å². The molecule has 168 valence electrons. The van der Waals surface area contributed by atoms with Crippen molar-refractivity contribution in [2.24, 2.45) is 0 Å². The molecular weight excluding hydrogens is 414 g/mol. The summed E-state index contributed by atoms with van der Waals surface area (Å²) in [5.41, 5.74) is 4.94. The van der Waals surface area contributed by atoms with Gasteiger partial charge in [-0.3, -0.25) is 4.90 Å². The van der Waals surface area contributed by atoms with Crippen molar-refractivity contribution in [1.82, 2.24) is 19.7 Å². The molecule has 1 aromatic heterocycles. The van der Waals surface area contributed by atoms with Crippen LogP contribution in [-0.2, 0) is 4.74 Å². The summed E-state index contributed by atoms with van der Waals surface area (Å²) in [5.74, 6) is -1.42. The van der Waals surface area contributed by atoms with Gasteiger partial charge in [0.15, 0.2) is 11.6 Å². The van der Waals surface area contributed by atoms with Crippen LogP contribution >= 0.6 is 0 Å². The molecule has 0 unspecified atom stereocenters. The lowest BCUT2D eigenvalue weighted by atomic mass is 10.00. The van der Waals surface area contributed by atoms with Crippen molar-refractivity contribution in [2.45, 2.75) is 19.9 Å². The Morgan fingerprint density at radius 1 is 1.03 bits per heavy atom. The molecule has 7 nitrogen and oxygen atoms in total. The predicted octanol–water partition coefficient (Wildman–Crippen LogP) is 3.43. The van der Waals surface area contributed by atoms with E-state index in [0.717, 1.165) is 57.2 Å². The van der Waals surface area contributed by atoms with E-state index in [1.165, 1.54) is 33.9 Å². The van der Waals surface area contributed by atoms with Gasteiger partial charge < -0.3 is 15.0 Å². The molecule has 3 heterocycles. The molecule has 32 heavy (non-hydrogen) atoms. The van der Waals surface area contributed by atoms with E-state index in [2.05, 4.69) is 51.2 Å². The molecule has 0 saturated carbocycles. The highest BCUT2D eigenvalue weighted by Gasteiger charge is 2.33. The van der Waals surface area contributed by atoms with Crippen LogP contribution in [0.1, 0.15) is 11.1 Å². The van der Waals surface area contributed by atoms with Crippen molar-refractivity contribution in [3.05, 3.63) is 59.4 Å². The minimum Gasteiger partial charge on any atom is -0.379 e. The number of halogens is 2. The van der Waals surface area contributed by atoms with Gasteiger partial charge in [0.1, 0.15) is 6.33 Å². The van der Waals surface area contributed by atoms with E-state index in [1.807, 2.05) is 0 Å². The topological polar surface area (TPSA) is 58.5 Å². The van der Waals surface area contributed by atoms with Crippen LogP contribution in [-0.4, -0.2) is 65.1 Å². The van der Waals surface area contributed by atoms with Crippen LogP contribution in [0, 0.1) is 25.5 Å². The second-order valence-electron chi connectivity index (χ2n) is 8.38. The molecule has 0 radical (unpaired) electrons. The molecule has 2 aromatic carbocycles. The number of aryl methyl sites for hydroxylation is 1. The summed E-state index contributed by atoms with van der Waals surface area (Å²) in [6.07, 6.45) is 1.47. The first kappa shape index (κ1) is 20.8. The molecule has 0 atom stereocenters. The summed E-state index contributed by atoms with van der Waals surface area (Å²) < 4.78 is 33.6. The Morgan fingerprint density at radius 3 is 2.56 bits per heavy atom. The first-order valence-corrected chi connectivity index (χ1v) is 10.8. The molecule has 2 fully saturated rings. The standard InChI is InChI=1S/C23H26F2N6O/c1-15-9-17(27-23-26-14-31(28-23)18-3-4-20(24)21(25)11-18)10-22(16(15)2)30-12-19(13-30)29-5-7-32-8-6-29/h3-4,9-11,14,19H,5-8,12-13H2,1-2H3,(H,27,28). The fraction of sp³-hybridized carbons (Fsp3) is 0.391. The average molecular weight is 440 g/mol. The van der Waals surface area contributed by atoms with Gasteiger partial charge in [0.2, 0.25) is 5.95 Å². The molecule has 2 saturated heterocycles. The van der Waals surface area contributed by atoms with Crippen LogP contribution in [0.3, 0.4) is 0 Å². The third-order valence-electron chi connectivity index (χ3n) is 6.32. The highest BCUT2D eigenvalue weighted by molar-refractivity contribution is 5.68. The van der Waals surface area contributed by atoms with Gasteiger partial charge in [-0.15, -0.1) is 5.10 Å². The molecule has 2 aliphatic rings. The normalized spacial score (nSPS) is 17.4. The van der Waals surface area contributed by atoms with E-state index in [-0.39, 0.29) is 0 Å². The number of hydrogen-bond donors (Lipinski definition) is 1. The van der Waals surface area contributed by atoms with Gasteiger partial charge in [-0.2, -0.15) is 4.98 Å². The van der Waals surface area contributed by atoms with E-state index in [1.54, 1.807) is 0 Å². The monoisotopic (exact) mass is 440 g/mol. The van der Waals surface area contributed by atoms with Gasteiger partial charge in [-0.05, 0) is 49.2 Å². The summed E-state index contributed by atoms with van der Waals surface area (Å²) in [4.78, 5) is 9.18. The fourth-order valence-corrected chi connectivity index (χ4v) is 4.27. The van der Waals surface area contributed by atoms with Gasteiger partial charge in [0, 0.05) is 49.7 Å². The zero-order valence-electron chi connectivity index (χ0n) is 18.2. The van der Waals surface area contributed by atoms with Crippen LogP contribution in [0.5, 0.6) is 0 Å². The molecule has 0 amide bonds. The molecule has 0 bridgehead atoms. The number of rotatable bonds is 5. The summed E-state index contributed by atoms with van der Waals surface area (Å²) in [6.45, 7) is 9.90. The number of anilines is 3. The van der Waals surface area contributed by atoms with E-state index in [4.69, 9.17) is 4.74 Å². The first-order chi connectivity index (χ1) is 15.5. The SMILES string of the molecule is Cc1cc(Nc2ncn(-c3ccc(F)c(F)c3)n2)cc(N2CC(N3CCOCC3)C2)c1C. The number of hydrogen-bond acceptors (Lipinski definition) is 6. The van der Waals surface area contributed by atoms with Crippen LogP contribution in [0.2, 0.25) is 0 Å². The predicted molar refractivity (Wildman–Crippen MR) is 119 cm³/mol. The maximum Gasteiger partial charge on any atom is 0.246 e. The van der Waals surface area contributed by atoms with E-state index in [0.29, 0.717) is 17.7 Å². The van der Waals surface area contributed by atoms with Crippen molar-refractivity contribution in [2.75, 3.05) is 49.6 Å². The zero-order chi connectivity index (χ0) is 22.2. The Morgan fingerprint density at radius 2 is 1.81 bits per heavy atom. The Balaban J connectivity index is 1.30. The molecule has 3 aromatic rings. The van der Waals surface area contributed by atoms with Crippen molar-refractivity contribution in [3.8, 4) is 5.69 Å². The van der Waals surface area contributed by atoms with E-state index in [9.17, 15) is 8.78 Å². The maximum atomic E-state index is 13.5. The van der Waals surface area contributed by atoms with Crippen LogP contribution in [0.4, 0.5) is 26.1 Å². The van der Waals surface area contributed by atoms with Crippen LogP contribution in [0.15, 0.2) is 36.7 Å². The number of ether oxygens (including phenoxy) is 1. The summed E-state index contributed by atoms with van der Waals surface area (Å²) >= 11 is 0. The Labute approximate surface area is 185 Å². The number of aromatic nitrogens is 3. The summed E-state index contributed by atoms with van der Waals surface area (Å²) in [5, 5.41) is 7.60. The molecular formula is C23H26F2N6O. The summed E-state index contributed by atoms with van der Waals surface area (Å²) in [7, 11) is 0. The molecule has 0 spiro atoms. The highest BCUT2D eigenvalue weighted by Crippen LogP contribution is 2.33. The second kappa shape index (κ2) is 8.48. The largest absolute Gasteiger partial charge is 0.379 e. The van der Waals surface area contributed by atoms with Crippen molar-refractivity contribution in [1.29, 1.82) is 0 Å². The number of benzene rings is 2. The molecule has 2 aliphatic heterocycles. The smallest absolute Gasteiger partial charge is 0.246 e. The zero-order valence-corrected chi connectivity index (χ0v) is 18.2. The lowest BCUT2D eigenvalue weighted by Gasteiger charge is -2.48. The van der Waals surface area contributed by atoms with Gasteiger partial charge in [0.05, 0.1) is 18.9 Å². The first-order valence-electron chi connectivity index (χ1n) is 10.8. The Kier molecular flexibility index (Phi) is 5.52. The lowest BCUT2D eigenvalue weighted by molar-refractivity contribution is 0.0105. The van der Waals surface area contributed by atoms with E-state index >= 15 is 0 Å². The molecule has 9 heteroatoms. The average Bonchev–Trinajstić information content (AvgIpc) is 3.21. The molecule has 0 aliphatic carbocycles. The Hall–Kier alpha value is -3.04. The second-order valence-corrected chi connectivity index (χ2v) is 8.38. The minimum absolute atomic E-state index is 0.388. The third-order valence-corrected chi connectivity index (χ3v) is 6.32. The van der Waals surface area contributed by atoms with Gasteiger partial charge in [-0.1, -0.05) is 0 Å². The van der Waals surface area contributed by atoms with Crippen molar-refractivity contribution >= 4 is 17.3 Å². The number of morpholine rings is 1. The maximum absolute atomic E-state index is 13.5.